The first-order valence-electron chi connectivity index (χ1n) is 8.74. The summed E-state index contributed by atoms with van der Waals surface area (Å²) < 4.78 is 24.6. The van der Waals surface area contributed by atoms with E-state index in [1.54, 1.807) is 20.8 Å². The molecule has 0 aliphatic heterocycles. The summed E-state index contributed by atoms with van der Waals surface area (Å²) in [7, 11) is 2.49. The largest absolute Gasteiger partial charge is 0.511 e. The molecule has 1 unspecified atom stereocenters. The molecule has 0 saturated heterocycles. The molecule has 0 spiro atoms. The SMILES string of the molecule is COc1cc(C(O)(O)C(O)(O)NC(=O)OC(C)OC(=O)OC(C)(C)C)c(OC)cc1Br. The molecule has 1 atom stereocenters. The number of halogens is 1. The molecular weight excluding hydrogens is 486 g/mol. The molecule has 5 N–H and O–H groups in total. The molecule has 1 aromatic carbocycles. The van der Waals surface area contributed by atoms with Crippen LogP contribution >= 0.6 is 15.9 Å². The molecule has 31 heavy (non-hydrogen) atoms. The molecule has 0 radical (unpaired) electrons. The average Bonchev–Trinajstić information content (AvgIpc) is 2.58. The Bertz CT molecular complexity index is 804. The zero-order chi connectivity index (χ0) is 24.2. The fraction of sp³-hybridized carbons (Fsp3) is 0.556. The first-order chi connectivity index (χ1) is 14.0. The van der Waals surface area contributed by atoms with Gasteiger partial charge in [0.25, 0.3) is 5.79 Å². The second kappa shape index (κ2) is 9.87. The second-order valence-electron chi connectivity index (χ2n) is 7.21. The molecule has 176 valence electrons. The van der Waals surface area contributed by atoms with Gasteiger partial charge in [-0.2, -0.15) is 0 Å². The first kappa shape index (κ1) is 26.7. The maximum atomic E-state index is 12.0. The number of ether oxygens (including phenoxy) is 5. The van der Waals surface area contributed by atoms with Crippen molar-refractivity contribution >= 4 is 28.2 Å². The Morgan fingerprint density at radius 2 is 1.55 bits per heavy atom. The van der Waals surface area contributed by atoms with Gasteiger partial charge in [-0.05, 0) is 48.8 Å². The van der Waals surface area contributed by atoms with Crippen LogP contribution in [0.15, 0.2) is 16.6 Å². The van der Waals surface area contributed by atoms with Crippen molar-refractivity contribution in [2.24, 2.45) is 0 Å². The predicted molar refractivity (Wildman–Crippen MR) is 107 cm³/mol. The summed E-state index contributed by atoms with van der Waals surface area (Å²) in [6.45, 7) is 5.91. The van der Waals surface area contributed by atoms with E-state index < -0.39 is 41.4 Å². The fourth-order valence-corrected chi connectivity index (χ4v) is 2.65. The maximum absolute atomic E-state index is 12.0. The van der Waals surface area contributed by atoms with E-state index in [0.29, 0.717) is 4.47 Å². The number of carbonyl (C=O) groups excluding carboxylic acids is 2. The number of carbonyl (C=O) groups is 2. The van der Waals surface area contributed by atoms with Crippen LogP contribution < -0.4 is 14.8 Å². The summed E-state index contributed by atoms with van der Waals surface area (Å²) in [5.74, 6) is -7.26. The molecule has 0 aliphatic rings. The minimum absolute atomic E-state index is 0.0982. The predicted octanol–water partition coefficient (Wildman–Crippen LogP) is 1.27. The molecule has 0 bridgehead atoms. The van der Waals surface area contributed by atoms with E-state index >= 15 is 0 Å². The number of alkyl carbamates (subject to hydrolysis) is 1. The van der Waals surface area contributed by atoms with Gasteiger partial charge in [0.05, 0.1) is 24.3 Å². The van der Waals surface area contributed by atoms with Gasteiger partial charge in [-0.25, -0.2) is 9.59 Å². The van der Waals surface area contributed by atoms with Gasteiger partial charge < -0.3 is 44.1 Å². The van der Waals surface area contributed by atoms with Crippen LogP contribution in [0.25, 0.3) is 0 Å². The zero-order valence-electron chi connectivity index (χ0n) is 17.8. The standard InChI is InChI=1S/C18H26BrNO11/c1-9(30-15(22)31-16(2,3)4)29-14(21)20-18(25,26)17(23,24)10-7-13(28-6)11(19)8-12(10)27-5/h7-9,23-26H,1-6H3,(H,20,21). The normalized spacial score (nSPS) is 13.1. The summed E-state index contributed by atoms with van der Waals surface area (Å²) in [5, 5.41) is 42.6. The van der Waals surface area contributed by atoms with Gasteiger partial charge >= 0.3 is 18.2 Å². The summed E-state index contributed by atoms with van der Waals surface area (Å²) in [4.78, 5) is 23.5. The van der Waals surface area contributed by atoms with E-state index in [1.165, 1.54) is 25.6 Å². The van der Waals surface area contributed by atoms with Crippen LogP contribution in [0.1, 0.15) is 33.3 Å². The highest BCUT2D eigenvalue weighted by atomic mass is 79.9. The van der Waals surface area contributed by atoms with E-state index in [0.717, 1.165) is 13.0 Å². The van der Waals surface area contributed by atoms with Gasteiger partial charge in [-0.15, -0.1) is 0 Å². The lowest BCUT2D eigenvalue weighted by Crippen LogP contribution is -2.63. The lowest BCUT2D eigenvalue weighted by atomic mass is 10.0. The Morgan fingerprint density at radius 1 is 1.00 bits per heavy atom. The molecule has 0 saturated carbocycles. The van der Waals surface area contributed by atoms with E-state index in [-0.39, 0.29) is 11.5 Å². The molecule has 13 heteroatoms. The lowest BCUT2D eigenvalue weighted by Gasteiger charge is -2.35. The van der Waals surface area contributed by atoms with Crippen LogP contribution in [0.3, 0.4) is 0 Å². The monoisotopic (exact) mass is 511 g/mol. The van der Waals surface area contributed by atoms with Crippen LogP contribution in [0.5, 0.6) is 11.5 Å². The Kier molecular flexibility index (Phi) is 8.51. The van der Waals surface area contributed by atoms with Gasteiger partial charge in [0.2, 0.25) is 6.29 Å². The topological polar surface area (TPSA) is 173 Å². The molecular formula is C18H26BrNO11. The highest BCUT2D eigenvalue weighted by Gasteiger charge is 2.53. The number of benzene rings is 1. The Hall–Kier alpha value is -2.32. The molecule has 0 fully saturated rings. The van der Waals surface area contributed by atoms with Crippen LogP contribution in [-0.2, 0) is 20.0 Å². The molecule has 1 rings (SSSR count). The quantitative estimate of drug-likeness (QED) is 0.263. The lowest BCUT2D eigenvalue weighted by molar-refractivity contribution is -0.375. The van der Waals surface area contributed by atoms with Crippen molar-refractivity contribution in [2.45, 2.75) is 51.3 Å². The average molecular weight is 512 g/mol. The smallest absolute Gasteiger partial charge is 0.496 e. The van der Waals surface area contributed by atoms with Crippen molar-refractivity contribution in [3.8, 4) is 11.5 Å². The number of hydrogen-bond acceptors (Lipinski definition) is 11. The number of aliphatic hydroxyl groups is 4. The molecule has 0 aliphatic carbocycles. The number of nitrogens with one attached hydrogen (secondary N) is 1. The van der Waals surface area contributed by atoms with Gasteiger partial charge in [0.1, 0.15) is 17.1 Å². The molecule has 0 heterocycles. The third-order valence-electron chi connectivity index (χ3n) is 3.54. The summed E-state index contributed by atoms with van der Waals surface area (Å²) in [6.07, 6.45) is -4.21. The van der Waals surface area contributed by atoms with Gasteiger partial charge in [0.15, 0.2) is 0 Å². The van der Waals surface area contributed by atoms with E-state index in [4.69, 9.17) is 14.2 Å². The minimum Gasteiger partial charge on any atom is -0.496 e. The third kappa shape index (κ3) is 7.11. The molecule has 12 nitrogen and oxygen atoms in total. The van der Waals surface area contributed by atoms with Crippen molar-refractivity contribution in [2.75, 3.05) is 14.2 Å². The first-order valence-corrected chi connectivity index (χ1v) is 9.53. The Labute approximate surface area is 186 Å². The van der Waals surface area contributed by atoms with Crippen molar-refractivity contribution in [3.05, 3.63) is 22.2 Å². The van der Waals surface area contributed by atoms with Crippen LogP contribution in [0.2, 0.25) is 0 Å². The van der Waals surface area contributed by atoms with Crippen LogP contribution in [0, 0.1) is 0 Å². The second-order valence-corrected chi connectivity index (χ2v) is 8.07. The highest BCUT2D eigenvalue weighted by Crippen LogP contribution is 2.40. The fourth-order valence-electron chi connectivity index (χ4n) is 2.16. The summed E-state index contributed by atoms with van der Waals surface area (Å²) in [6, 6.07) is 2.33. The van der Waals surface area contributed by atoms with Crippen LogP contribution in [0.4, 0.5) is 9.59 Å². The van der Waals surface area contributed by atoms with Crippen molar-refractivity contribution in [1.29, 1.82) is 0 Å². The van der Waals surface area contributed by atoms with Gasteiger partial charge in [0, 0.05) is 6.92 Å². The number of rotatable bonds is 7. The molecule has 1 amide bonds. The minimum atomic E-state index is -3.68. The number of hydrogen-bond donors (Lipinski definition) is 5. The summed E-state index contributed by atoms with van der Waals surface area (Å²) >= 11 is 3.17. The number of amides is 1. The van der Waals surface area contributed by atoms with Crippen molar-refractivity contribution in [3.63, 3.8) is 0 Å². The van der Waals surface area contributed by atoms with E-state index in [1.807, 2.05) is 0 Å². The van der Waals surface area contributed by atoms with Gasteiger partial charge in [-0.3, -0.25) is 5.32 Å². The molecule has 0 aromatic heterocycles. The number of methoxy groups -OCH3 is 2. The van der Waals surface area contributed by atoms with Crippen molar-refractivity contribution < 1.29 is 53.7 Å². The Morgan fingerprint density at radius 3 is 2.03 bits per heavy atom. The molecule has 1 aromatic rings. The van der Waals surface area contributed by atoms with Gasteiger partial charge in [-0.1, -0.05) is 0 Å². The van der Waals surface area contributed by atoms with E-state index in [2.05, 4.69) is 25.4 Å². The maximum Gasteiger partial charge on any atom is 0.511 e. The zero-order valence-corrected chi connectivity index (χ0v) is 19.3. The third-order valence-corrected chi connectivity index (χ3v) is 4.16. The Balaban J connectivity index is 2.97. The van der Waals surface area contributed by atoms with Crippen molar-refractivity contribution in [1.82, 2.24) is 5.32 Å². The van der Waals surface area contributed by atoms with Crippen LogP contribution in [-0.4, -0.2) is 64.7 Å². The van der Waals surface area contributed by atoms with E-state index in [9.17, 15) is 30.0 Å². The summed E-state index contributed by atoms with van der Waals surface area (Å²) in [5.41, 5.74) is -1.42. The highest BCUT2D eigenvalue weighted by molar-refractivity contribution is 9.10.